The van der Waals surface area contributed by atoms with Gasteiger partial charge in [0.2, 0.25) is 0 Å². The Morgan fingerprint density at radius 2 is 1.77 bits per heavy atom. The van der Waals surface area contributed by atoms with E-state index < -0.39 is 26.1 Å². The number of nitrogens with one attached hydrogen (secondary N) is 1. The molecule has 0 spiro atoms. The Morgan fingerprint density at radius 3 is 2.41 bits per heavy atom. The van der Waals surface area contributed by atoms with Crippen LogP contribution in [0, 0.1) is 0 Å². The number of aromatic nitrogens is 2. The van der Waals surface area contributed by atoms with Crippen LogP contribution in [0.5, 0.6) is 5.75 Å². The summed E-state index contributed by atoms with van der Waals surface area (Å²) in [6, 6.07) is 12.1. The summed E-state index contributed by atoms with van der Waals surface area (Å²) in [4.78, 5) is 24.5. The van der Waals surface area contributed by atoms with E-state index in [1.807, 2.05) is 45.0 Å². The van der Waals surface area contributed by atoms with Gasteiger partial charge in [0.25, 0.3) is 5.91 Å². The first-order chi connectivity index (χ1) is 20.7. The molecule has 1 fully saturated rings. The van der Waals surface area contributed by atoms with Crippen LogP contribution in [0.1, 0.15) is 81.8 Å². The highest BCUT2D eigenvalue weighted by molar-refractivity contribution is 7.93. The second-order valence-electron chi connectivity index (χ2n) is 12.8. The molecule has 44 heavy (non-hydrogen) atoms. The molecule has 0 radical (unpaired) electrons. The number of carbonyl (C=O) groups is 1. The summed E-state index contributed by atoms with van der Waals surface area (Å²) in [5.74, 6) is 0.0381. The van der Waals surface area contributed by atoms with Crippen LogP contribution in [0.4, 0.5) is 11.5 Å². The van der Waals surface area contributed by atoms with Crippen LogP contribution in [-0.4, -0.2) is 65.3 Å². The number of carbonyl (C=O) groups excluding carboxylic acids is 1. The molecule has 1 amide bonds. The van der Waals surface area contributed by atoms with E-state index in [0.29, 0.717) is 48.7 Å². The highest BCUT2D eigenvalue weighted by Crippen LogP contribution is 2.46. The number of rotatable bonds is 15. The monoisotopic (exact) mass is 623 g/mol. The van der Waals surface area contributed by atoms with Crippen molar-refractivity contribution in [1.82, 2.24) is 14.9 Å². The number of nitrogen functional groups attached to an aromatic ring is 1. The largest absolute Gasteiger partial charge is 0.491 e. The van der Waals surface area contributed by atoms with E-state index in [9.17, 15) is 18.3 Å². The van der Waals surface area contributed by atoms with Crippen molar-refractivity contribution in [3.05, 3.63) is 59.9 Å². The molecule has 10 nitrogen and oxygen atoms in total. The van der Waals surface area contributed by atoms with E-state index in [2.05, 4.69) is 15.3 Å². The third-order valence-corrected chi connectivity index (χ3v) is 10.4. The van der Waals surface area contributed by atoms with Gasteiger partial charge in [0.15, 0.2) is 21.3 Å². The van der Waals surface area contributed by atoms with Crippen molar-refractivity contribution >= 4 is 27.2 Å². The number of hydrogen-bond acceptors (Lipinski definition) is 9. The first-order valence-electron chi connectivity index (χ1n) is 15.1. The highest BCUT2D eigenvalue weighted by atomic mass is 32.2. The average molecular weight is 624 g/mol. The minimum atomic E-state index is -3.41. The van der Waals surface area contributed by atoms with Gasteiger partial charge in [-0.3, -0.25) is 4.79 Å². The van der Waals surface area contributed by atoms with Crippen molar-refractivity contribution in [2.24, 2.45) is 0 Å². The zero-order valence-electron chi connectivity index (χ0n) is 26.4. The van der Waals surface area contributed by atoms with Gasteiger partial charge in [0.1, 0.15) is 5.75 Å². The molecule has 0 aliphatic heterocycles. The standard InChI is InChI=1S/C33H45N5O5S/c1-32(2,40)17-8-6-7-9-20-43-29-24(22-38(4)5)11-10-12-26(29)37-31(39)28-30(34)35-21-27(36-28)23-13-15-25(16-14-23)44(41,42)33(3)18-19-33/h10-16,21,40H,6-9,17-20,22H2,1-5H3,(H2,34,35)(H,37,39). The zero-order chi connectivity index (χ0) is 32.1. The van der Waals surface area contributed by atoms with Gasteiger partial charge < -0.3 is 25.8 Å². The Hall–Kier alpha value is -3.54. The molecule has 1 aromatic heterocycles. The molecule has 3 aromatic rings. The Balaban J connectivity index is 1.49. The van der Waals surface area contributed by atoms with Crippen LogP contribution < -0.4 is 15.8 Å². The van der Waals surface area contributed by atoms with E-state index in [-0.39, 0.29) is 16.4 Å². The molecule has 0 saturated heterocycles. The van der Waals surface area contributed by atoms with Crippen LogP contribution in [0.3, 0.4) is 0 Å². The summed E-state index contributed by atoms with van der Waals surface area (Å²) < 4.78 is 31.3. The Kier molecular flexibility index (Phi) is 10.3. The van der Waals surface area contributed by atoms with Crippen molar-refractivity contribution in [3.63, 3.8) is 0 Å². The fraction of sp³-hybridized carbons (Fsp3) is 0.485. The van der Waals surface area contributed by atoms with Crippen molar-refractivity contribution in [3.8, 4) is 17.0 Å². The van der Waals surface area contributed by atoms with Gasteiger partial charge in [-0.2, -0.15) is 0 Å². The first-order valence-corrected chi connectivity index (χ1v) is 16.6. The predicted molar refractivity (Wildman–Crippen MR) is 173 cm³/mol. The number of sulfone groups is 1. The van der Waals surface area contributed by atoms with Crippen LogP contribution in [0.25, 0.3) is 11.3 Å². The summed E-state index contributed by atoms with van der Waals surface area (Å²) in [7, 11) is 0.527. The van der Waals surface area contributed by atoms with Gasteiger partial charge in [0, 0.05) is 17.7 Å². The van der Waals surface area contributed by atoms with E-state index in [4.69, 9.17) is 10.5 Å². The minimum Gasteiger partial charge on any atom is -0.491 e. The van der Waals surface area contributed by atoms with Crippen molar-refractivity contribution in [2.75, 3.05) is 31.8 Å². The lowest BCUT2D eigenvalue weighted by atomic mass is 10.0. The van der Waals surface area contributed by atoms with Crippen LogP contribution in [0.15, 0.2) is 53.6 Å². The van der Waals surface area contributed by atoms with E-state index in [0.717, 1.165) is 37.7 Å². The molecular formula is C33H45N5O5S. The number of benzene rings is 2. The topological polar surface area (TPSA) is 148 Å². The number of para-hydroxylation sites is 1. The molecule has 4 N–H and O–H groups in total. The molecule has 1 aliphatic rings. The van der Waals surface area contributed by atoms with Crippen LogP contribution in [0.2, 0.25) is 0 Å². The summed E-state index contributed by atoms with van der Waals surface area (Å²) in [5, 5.41) is 12.8. The number of nitrogens with zero attached hydrogens (tertiary/aromatic N) is 3. The molecule has 4 rings (SSSR count). The lowest BCUT2D eigenvalue weighted by Crippen LogP contribution is -2.19. The number of hydrogen-bond donors (Lipinski definition) is 3. The molecule has 1 saturated carbocycles. The first kappa shape index (κ1) is 33.4. The maximum absolute atomic E-state index is 13.5. The fourth-order valence-corrected chi connectivity index (χ4v) is 6.63. The van der Waals surface area contributed by atoms with Gasteiger partial charge in [-0.1, -0.05) is 43.5 Å². The Bertz CT molecular complexity index is 1560. The lowest BCUT2D eigenvalue weighted by Gasteiger charge is -2.19. The molecule has 1 heterocycles. The third-order valence-electron chi connectivity index (χ3n) is 7.84. The number of unbranched alkanes of at least 4 members (excludes halogenated alkanes) is 3. The number of aliphatic hydroxyl groups is 1. The molecule has 1 aliphatic carbocycles. The van der Waals surface area contributed by atoms with Crippen molar-refractivity contribution in [1.29, 1.82) is 0 Å². The Labute approximate surface area is 261 Å². The summed E-state index contributed by atoms with van der Waals surface area (Å²) in [5.41, 5.74) is 7.85. The second-order valence-corrected chi connectivity index (χ2v) is 15.2. The molecule has 0 bridgehead atoms. The number of anilines is 2. The van der Waals surface area contributed by atoms with Gasteiger partial charge in [-0.05, 0) is 78.7 Å². The van der Waals surface area contributed by atoms with E-state index in [1.165, 1.54) is 6.20 Å². The van der Waals surface area contributed by atoms with Crippen LogP contribution in [-0.2, 0) is 16.4 Å². The molecule has 0 unspecified atom stereocenters. The maximum Gasteiger partial charge on any atom is 0.278 e. The maximum atomic E-state index is 13.5. The quantitative estimate of drug-likeness (QED) is 0.188. The summed E-state index contributed by atoms with van der Waals surface area (Å²) in [6.45, 7) is 6.52. The van der Waals surface area contributed by atoms with Gasteiger partial charge >= 0.3 is 0 Å². The second kappa shape index (κ2) is 13.6. The average Bonchev–Trinajstić information content (AvgIpc) is 3.72. The number of ether oxygens (including phenoxy) is 1. The predicted octanol–water partition coefficient (Wildman–Crippen LogP) is 5.47. The van der Waals surface area contributed by atoms with Gasteiger partial charge in [-0.15, -0.1) is 0 Å². The van der Waals surface area contributed by atoms with Gasteiger partial charge in [0.05, 0.1) is 39.4 Å². The molecule has 0 atom stereocenters. The minimum absolute atomic E-state index is 0.0231. The molecule has 238 valence electrons. The SMILES string of the molecule is CN(C)Cc1cccc(NC(=O)c2nc(-c3ccc(S(=O)(=O)C4(C)CC4)cc3)cnc2N)c1OCCCCCCC(C)(C)O. The summed E-state index contributed by atoms with van der Waals surface area (Å²) in [6.07, 6.45) is 7.31. The molecule has 2 aromatic carbocycles. The lowest BCUT2D eigenvalue weighted by molar-refractivity contribution is 0.0679. The van der Waals surface area contributed by atoms with Crippen molar-refractivity contribution < 1.29 is 23.1 Å². The molecule has 11 heteroatoms. The highest BCUT2D eigenvalue weighted by Gasteiger charge is 2.50. The summed E-state index contributed by atoms with van der Waals surface area (Å²) >= 11 is 0. The van der Waals surface area contributed by atoms with Crippen molar-refractivity contribution in [2.45, 2.75) is 87.5 Å². The fourth-order valence-electron chi connectivity index (χ4n) is 4.93. The number of nitrogens with two attached hydrogens (primary N) is 1. The molecular weight excluding hydrogens is 578 g/mol. The zero-order valence-corrected chi connectivity index (χ0v) is 27.2. The number of amides is 1. The normalized spacial score (nSPS) is 14.4. The Morgan fingerprint density at radius 1 is 1.09 bits per heavy atom. The third kappa shape index (κ3) is 8.34. The van der Waals surface area contributed by atoms with Crippen LogP contribution >= 0.6 is 0 Å². The van der Waals surface area contributed by atoms with Gasteiger partial charge in [-0.25, -0.2) is 18.4 Å². The van der Waals surface area contributed by atoms with E-state index >= 15 is 0 Å². The smallest absolute Gasteiger partial charge is 0.278 e. The van der Waals surface area contributed by atoms with E-state index in [1.54, 1.807) is 37.3 Å².